The lowest BCUT2D eigenvalue weighted by Gasteiger charge is -2.14. The zero-order chi connectivity index (χ0) is 16.7. The molecule has 0 saturated heterocycles. The molecular formula is C17H17NO5. The first-order chi connectivity index (χ1) is 11.2. The Morgan fingerprint density at radius 2 is 1.91 bits per heavy atom. The molecule has 0 aliphatic heterocycles. The predicted octanol–water partition coefficient (Wildman–Crippen LogP) is 3.75. The van der Waals surface area contributed by atoms with Crippen molar-refractivity contribution >= 4 is 5.69 Å². The maximum atomic E-state index is 10.6. The Balaban J connectivity index is 2.12. The molecule has 0 saturated carbocycles. The van der Waals surface area contributed by atoms with Gasteiger partial charge in [-0.2, -0.15) is 0 Å². The van der Waals surface area contributed by atoms with Crippen LogP contribution in [0.5, 0.6) is 17.2 Å². The van der Waals surface area contributed by atoms with Crippen LogP contribution in [-0.4, -0.2) is 18.6 Å². The van der Waals surface area contributed by atoms with Crippen LogP contribution in [0.1, 0.15) is 5.56 Å². The Morgan fingerprint density at radius 1 is 1.17 bits per heavy atom. The second-order valence-electron chi connectivity index (χ2n) is 4.59. The van der Waals surface area contributed by atoms with Gasteiger partial charge in [0.15, 0.2) is 11.5 Å². The van der Waals surface area contributed by atoms with Crippen molar-refractivity contribution in [2.75, 3.05) is 13.7 Å². The molecule has 0 heterocycles. The third-order valence-corrected chi connectivity index (χ3v) is 3.07. The van der Waals surface area contributed by atoms with Gasteiger partial charge in [0.25, 0.3) is 5.69 Å². The number of nitro benzene ring substituents is 1. The third-order valence-electron chi connectivity index (χ3n) is 3.07. The van der Waals surface area contributed by atoms with Gasteiger partial charge in [0.2, 0.25) is 0 Å². The highest BCUT2D eigenvalue weighted by Crippen LogP contribution is 2.32. The first-order valence-corrected chi connectivity index (χ1v) is 6.92. The molecular weight excluding hydrogens is 298 g/mol. The largest absolute Gasteiger partial charge is 0.493 e. The van der Waals surface area contributed by atoms with E-state index in [1.54, 1.807) is 31.4 Å². The summed E-state index contributed by atoms with van der Waals surface area (Å²) in [7, 11) is 1.57. The molecule has 0 amide bonds. The number of non-ortho nitro benzene ring substituents is 1. The summed E-state index contributed by atoms with van der Waals surface area (Å²) in [4.78, 5) is 10.2. The van der Waals surface area contributed by atoms with Crippen LogP contribution in [0.15, 0.2) is 55.1 Å². The summed E-state index contributed by atoms with van der Waals surface area (Å²) in [5.74, 6) is 1.74. The van der Waals surface area contributed by atoms with Crippen LogP contribution < -0.4 is 14.2 Å². The van der Waals surface area contributed by atoms with E-state index in [0.29, 0.717) is 23.9 Å². The van der Waals surface area contributed by atoms with Crippen LogP contribution in [0.25, 0.3) is 0 Å². The van der Waals surface area contributed by atoms with E-state index >= 15 is 0 Å². The molecule has 0 bridgehead atoms. The summed E-state index contributed by atoms with van der Waals surface area (Å²) in [6.07, 6.45) is 1.65. The number of benzene rings is 2. The van der Waals surface area contributed by atoms with Crippen molar-refractivity contribution in [3.63, 3.8) is 0 Å². The summed E-state index contributed by atoms with van der Waals surface area (Å²) in [6, 6.07) is 11.4. The van der Waals surface area contributed by atoms with Crippen LogP contribution in [0.2, 0.25) is 0 Å². The van der Waals surface area contributed by atoms with Crippen LogP contribution in [-0.2, 0) is 6.61 Å². The Kier molecular flexibility index (Phi) is 5.57. The summed E-state index contributed by atoms with van der Waals surface area (Å²) < 4.78 is 16.6. The van der Waals surface area contributed by atoms with Crippen LogP contribution in [0, 0.1) is 10.1 Å². The number of nitrogens with zero attached hydrogens (tertiary/aromatic N) is 1. The van der Waals surface area contributed by atoms with E-state index < -0.39 is 4.92 Å². The molecule has 0 radical (unpaired) electrons. The fourth-order valence-electron chi connectivity index (χ4n) is 1.97. The Hall–Kier alpha value is -3.02. The normalized spacial score (nSPS) is 9.96. The molecule has 0 spiro atoms. The first kappa shape index (κ1) is 16.4. The van der Waals surface area contributed by atoms with Crippen molar-refractivity contribution in [1.29, 1.82) is 0 Å². The quantitative estimate of drug-likeness (QED) is 0.421. The number of para-hydroxylation sites is 1. The van der Waals surface area contributed by atoms with Gasteiger partial charge in [-0.15, -0.1) is 0 Å². The molecule has 2 aromatic rings. The number of hydrogen-bond donors (Lipinski definition) is 0. The molecule has 2 rings (SSSR count). The summed E-state index contributed by atoms with van der Waals surface area (Å²) >= 11 is 0. The van der Waals surface area contributed by atoms with E-state index in [0.717, 1.165) is 5.56 Å². The van der Waals surface area contributed by atoms with Gasteiger partial charge in [-0.25, -0.2) is 0 Å². The SMILES string of the molecule is C=CCOc1c(COc2ccc([N+](=O)[O-])cc2)cccc1OC. The maximum Gasteiger partial charge on any atom is 0.269 e. The van der Waals surface area contributed by atoms with Crippen molar-refractivity contribution in [2.24, 2.45) is 0 Å². The van der Waals surface area contributed by atoms with Crippen LogP contribution >= 0.6 is 0 Å². The van der Waals surface area contributed by atoms with Crippen molar-refractivity contribution in [3.05, 3.63) is 70.8 Å². The van der Waals surface area contributed by atoms with Crippen molar-refractivity contribution < 1.29 is 19.1 Å². The highest BCUT2D eigenvalue weighted by molar-refractivity contribution is 5.46. The van der Waals surface area contributed by atoms with Gasteiger partial charge in [0.1, 0.15) is 19.0 Å². The van der Waals surface area contributed by atoms with Crippen LogP contribution in [0.4, 0.5) is 5.69 Å². The molecule has 0 unspecified atom stereocenters. The summed E-state index contributed by atoms with van der Waals surface area (Å²) in [5, 5.41) is 10.6. The fourth-order valence-corrected chi connectivity index (χ4v) is 1.97. The Morgan fingerprint density at radius 3 is 2.52 bits per heavy atom. The van der Waals surface area contributed by atoms with Crippen molar-refractivity contribution in [3.8, 4) is 17.2 Å². The second-order valence-corrected chi connectivity index (χ2v) is 4.59. The molecule has 0 fully saturated rings. The molecule has 0 N–H and O–H groups in total. The number of methoxy groups -OCH3 is 1. The molecule has 6 nitrogen and oxygen atoms in total. The van der Waals surface area contributed by atoms with Gasteiger partial charge < -0.3 is 14.2 Å². The number of hydrogen-bond acceptors (Lipinski definition) is 5. The van der Waals surface area contributed by atoms with E-state index in [4.69, 9.17) is 14.2 Å². The zero-order valence-electron chi connectivity index (χ0n) is 12.7. The van der Waals surface area contributed by atoms with Gasteiger partial charge >= 0.3 is 0 Å². The van der Waals surface area contributed by atoms with E-state index in [2.05, 4.69) is 6.58 Å². The average Bonchev–Trinajstić information content (AvgIpc) is 2.58. The number of rotatable bonds is 8. The van der Waals surface area contributed by atoms with E-state index in [1.165, 1.54) is 12.1 Å². The lowest BCUT2D eigenvalue weighted by Crippen LogP contribution is -2.03. The lowest BCUT2D eigenvalue weighted by molar-refractivity contribution is -0.384. The zero-order valence-corrected chi connectivity index (χ0v) is 12.7. The van der Waals surface area contributed by atoms with Crippen molar-refractivity contribution in [1.82, 2.24) is 0 Å². The molecule has 0 aliphatic rings. The molecule has 120 valence electrons. The Bertz CT molecular complexity index is 682. The second kappa shape index (κ2) is 7.84. The van der Waals surface area contributed by atoms with Gasteiger partial charge in [-0.05, 0) is 18.2 Å². The third kappa shape index (κ3) is 4.23. The topological polar surface area (TPSA) is 70.8 Å². The van der Waals surface area contributed by atoms with Gasteiger partial charge in [-0.1, -0.05) is 24.8 Å². The van der Waals surface area contributed by atoms with E-state index in [1.807, 2.05) is 12.1 Å². The monoisotopic (exact) mass is 315 g/mol. The minimum Gasteiger partial charge on any atom is -0.493 e. The predicted molar refractivity (Wildman–Crippen MR) is 86.1 cm³/mol. The van der Waals surface area contributed by atoms with Gasteiger partial charge in [0, 0.05) is 17.7 Å². The highest BCUT2D eigenvalue weighted by atomic mass is 16.6. The van der Waals surface area contributed by atoms with Crippen LogP contribution in [0.3, 0.4) is 0 Å². The molecule has 0 aliphatic carbocycles. The van der Waals surface area contributed by atoms with E-state index in [-0.39, 0.29) is 12.3 Å². The van der Waals surface area contributed by atoms with Gasteiger partial charge in [0.05, 0.1) is 12.0 Å². The fraction of sp³-hybridized carbons (Fsp3) is 0.176. The number of nitro groups is 1. The van der Waals surface area contributed by atoms with Gasteiger partial charge in [-0.3, -0.25) is 10.1 Å². The summed E-state index contributed by atoms with van der Waals surface area (Å²) in [6.45, 7) is 4.23. The highest BCUT2D eigenvalue weighted by Gasteiger charge is 2.11. The standard InChI is InChI=1S/C17H17NO5/c1-3-11-22-17-13(5-4-6-16(17)21-2)12-23-15-9-7-14(8-10-15)18(19)20/h3-10H,1,11-12H2,2H3. The molecule has 0 aromatic heterocycles. The minimum absolute atomic E-state index is 0.0220. The Labute approximate surface area is 134 Å². The van der Waals surface area contributed by atoms with Crippen molar-refractivity contribution in [2.45, 2.75) is 6.61 Å². The lowest BCUT2D eigenvalue weighted by atomic mass is 10.2. The molecule has 2 aromatic carbocycles. The minimum atomic E-state index is -0.451. The molecule has 0 atom stereocenters. The smallest absolute Gasteiger partial charge is 0.269 e. The first-order valence-electron chi connectivity index (χ1n) is 6.92. The maximum absolute atomic E-state index is 10.6. The van der Waals surface area contributed by atoms with E-state index in [9.17, 15) is 10.1 Å². The number of ether oxygens (including phenoxy) is 3. The summed E-state index contributed by atoms with van der Waals surface area (Å²) in [5.41, 5.74) is 0.832. The molecule has 23 heavy (non-hydrogen) atoms. The average molecular weight is 315 g/mol. The molecule has 6 heteroatoms.